The molecule has 0 aromatic heterocycles. The summed E-state index contributed by atoms with van der Waals surface area (Å²) in [6, 6.07) is 8.83. The van der Waals surface area contributed by atoms with E-state index < -0.39 is 0 Å². The Morgan fingerprint density at radius 3 is 2.62 bits per heavy atom. The van der Waals surface area contributed by atoms with Gasteiger partial charge < -0.3 is 10.4 Å². The summed E-state index contributed by atoms with van der Waals surface area (Å²) in [4.78, 5) is 2.49. The summed E-state index contributed by atoms with van der Waals surface area (Å²) in [5, 5.41) is 12.4. The van der Waals surface area contributed by atoms with Gasteiger partial charge in [0.05, 0.1) is 6.61 Å². The minimum Gasteiger partial charge on any atom is -0.392 e. The van der Waals surface area contributed by atoms with Crippen molar-refractivity contribution < 1.29 is 5.11 Å². The van der Waals surface area contributed by atoms with Gasteiger partial charge in [-0.2, -0.15) is 0 Å². The Hall–Kier alpha value is -0.900. The van der Waals surface area contributed by atoms with Gasteiger partial charge in [0.25, 0.3) is 0 Å². The summed E-state index contributed by atoms with van der Waals surface area (Å²) in [5.74, 6) is 0. The maximum atomic E-state index is 8.97. The molecule has 16 heavy (non-hydrogen) atoms. The lowest BCUT2D eigenvalue weighted by Crippen LogP contribution is -2.49. The van der Waals surface area contributed by atoms with Gasteiger partial charge in [-0.1, -0.05) is 24.3 Å². The zero-order valence-corrected chi connectivity index (χ0v) is 9.82. The molecule has 0 unspecified atom stereocenters. The molecule has 0 radical (unpaired) electrons. The van der Waals surface area contributed by atoms with Crippen molar-refractivity contribution in [3.05, 3.63) is 35.4 Å². The Labute approximate surface area is 97.1 Å². The van der Waals surface area contributed by atoms with E-state index in [1.807, 2.05) is 12.1 Å². The molecule has 88 valence electrons. The number of nitrogens with one attached hydrogen (secondary N) is 1. The van der Waals surface area contributed by atoms with Crippen molar-refractivity contribution in [3.8, 4) is 0 Å². The SMILES string of the molecule is C[C@H]1CNCCN1Cc1ccc(CO)cc1. The highest BCUT2D eigenvalue weighted by atomic mass is 16.3. The average Bonchev–Trinajstić information content (AvgIpc) is 2.33. The van der Waals surface area contributed by atoms with Crippen LogP contribution in [0.3, 0.4) is 0 Å². The number of nitrogens with zero attached hydrogens (tertiary/aromatic N) is 1. The summed E-state index contributed by atoms with van der Waals surface area (Å²) in [6.45, 7) is 6.67. The zero-order chi connectivity index (χ0) is 11.4. The van der Waals surface area contributed by atoms with Gasteiger partial charge in [0.2, 0.25) is 0 Å². The minimum absolute atomic E-state index is 0.129. The molecule has 0 aliphatic carbocycles. The number of piperazine rings is 1. The fourth-order valence-corrected chi connectivity index (χ4v) is 2.10. The van der Waals surface area contributed by atoms with Gasteiger partial charge in [0.1, 0.15) is 0 Å². The molecule has 0 bridgehead atoms. The number of rotatable bonds is 3. The lowest BCUT2D eigenvalue weighted by Gasteiger charge is -2.33. The Balaban J connectivity index is 1.96. The van der Waals surface area contributed by atoms with Gasteiger partial charge in [-0.3, -0.25) is 4.90 Å². The lowest BCUT2D eigenvalue weighted by molar-refractivity contribution is 0.165. The zero-order valence-electron chi connectivity index (χ0n) is 9.82. The van der Waals surface area contributed by atoms with E-state index in [0.29, 0.717) is 6.04 Å². The molecule has 1 aliphatic heterocycles. The highest BCUT2D eigenvalue weighted by Gasteiger charge is 2.17. The van der Waals surface area contributed by atoms with E-state index >= 15 is 0 Å². The van der Waals surface area contributed by atoms with Gasteiger partial charge in [0.15, 0.2) is 0 Å². The van der Waals surface area contributed by atoms with Gasteiger partial charge in [-0.05, 0) is 18.1 Å². The molecule has 2 rings (SSSR count). The van der Waals surface area contributed by atoms with Crippen LogP contribution in [-0.2, 0) is 13.2 Å². The number of aliphatic hydroxyl groups is 1. The number of aliphatic hydroxyl groups excluding tert-OH is 1. The fourth-order valence-electron chi connectivity index (χ4n) is 2.10. The Bertz CT molecular complexity index is 323. The van der Waals surface area contributed by atoms with Crippen LogP contribution in [0, 0.1) is 0 Å². The molecular formula is C13H20N2O. The molecule has 1 saturated heterocycles. The third-order valence-corrected chi connectivity index (χ3v) is 3.23. The lowest BCUT2D eigenvalue weighted by atomic mass is 10.1. The third-order valence-electron chi connectivity index (χ3n) is 3.23. The molecule has 1 aromatic carbocycles. The summed E-state index contributed by atoms with van der Waals surface area (Å²) in [5.41, 5.74) is 2.31. The highest BCUT2D eigenvalue weighted by molar-refractivity contribution is 5.22. The van der Waals surface area contributed by atoms with Crippen LogP contribution >= 0.6 is 0 Å². The molecule has 0 saturated carbocycles. The quantitative estimate of drug-likeness (QED) is 0.797. The van der Waals surface area contributed by atoms with E-state index in [4.69, 9.17) is 5.11 Å². The van der Waals surface area contributed by atoms with Crippen LogP contribution < -0.4 is 5.32 Å². The molecule has 1 heterocycles. The maximum absolute atomic E-state index is 8.97. The van der Waals surface area contributed by atoms with Gasteiger partial charge in [-0.15, -0.1) is 0 Å². The molecule has 1 aromatic rings. The molecular weight excluding hydrogens is 200 g/mol. The van der Waals surface area contributed by atoms with E-state index in [2.05, 4.69) is 29.3 Å². The van der Waals surface area contributed by atoms with Crippen molar-refractivity contribution in [3.63, 3.8) is 0 Å². The van der Waals surface area contributed by atoms with Crippen LogP contribution in [-0.4, -0.2) is 35.7 Å². The number of hydrogen-bond donors (Lipinski definition) is 2. The molecule has 1 fully saturated rings. The number of benzene rings is 1. The second-order valence-electron chi connectivity index (χ2n) is 4.50. The predicted octanol–water partition coefficient (Wildman–Crippen LogP) is 0.973. The van der Waals surface area contributed by atoms with Crippen LogP contribution in [0.5, 0.6) is 0 Å². The molecule has 3 heteroatoms. The summed E-state index contributed by atoms with van der Waals surface area (Å²) in [6.07, 6.45) is 0. The summed E-state index contributed by atoms with van der Waals surface area (Å²) in [7, 11) is 0. The van der Waals surface area contributed by atoms with Crippen LogP contribution in [0.4, 0.5) is 0 Å². The second kappa shape index (κ2) is 5.43. The van der Waals surface area contributed by atoms with Gasteiger partial charge >= 0.3 is 0 Å². The third kappa shape index (κ3) is 2.82. The van der Waals surface area contributed by atoms with Gasteiger partial charge in [-0.25, -0.2) is 0 Å². The molecule has 2 N–H and O–H groups in total. The van der Waals surface area contributed by atoms with E-state index in [1.165, 1.54) is 5.56 Å². The van der Waals surface area contributed by atoms with Crippen molar-refractivity contribution in [2.45, 2.75) is 26.1 Å². The van der Waals surface area contributed by atoms with Crippen molar-refractivity contribution in [2.24, 2.45) is 0 Å². The van der Waals surface area contributed by atoms with Crippen molar-refractivity contribution in [2.75, 3.05) is 19.6 Å². The summed E-state index contributed by atoms with van der Waals surface area (Å²) >= 11 is 0. The standard InChI is InChI=1S/C13H20N2O/c1-11-8-14-6-7-15(11)9-12-2-4-13(10-16)5-3-12/h2-5,11,14,16H,6-10H2,1H3/t11-/m0/s1. The summed E-state index contributed by atoms with van der Waals surface area (Å²) < 4.78 is 0. The first kappa shape index (κ1) is 11.6. The minimum atomic E-state index is 0.129. The van der Waals surface area contributed by atoms with Crippen LogP contribution in [0.15, 0.2) is 24.3 Å². The normalized spacial score (nSPS) is 22.2. The predicted molar refractivity (Wildman–Crippen MR) is 65.1 cm³/mol. The van der Waals surface area contributed by atoms with E-state index in [1.54, 1.807) is 0 Å². The molecule has 1 atom stereocenters. The van der Waals surface area contributed by atoms with Crippen molar-refractivity contribution in [1.82, 2.24) is 10.2 Å². The molecule has 1 aliphatic rings. The largest absolute Gasteiger partial charge is 0.392 e. The first-order valence-electron chi connectivity index (χ1n) is 5.93. The smallest absolute Gasteiger partial charge is 0.0681 e. The maximum Gasteiger partial charge on any atom is 0.0681 e. The van der Waals surface area contributed by atoms with E-state index in [9.17, 15) is 0 Å². The van der Waals surface area contributed by atoms with E-state index in [0.717, 1.165) is 31.7 Å². The van der Waals surface area contributed by atoms with Crippen LogP contribution in [0.2, 0.25) is 0 Å². The second-order valence-corrected chi connectivity index (χ2v) is 4.50. The van der Waals surface area contributed by atoms with E-state index in [-0.39, 0.29) is 6.61 Å². The Morgan fingerprint density at radius 1 is 1.31 bits per heavy atom. The first-order chi connectivity index (χ1) is 7.79. The molecule has 0 spiro atoms. The van der Waals surface area contributed by atoms with Crippen LogP contribution in [0.25, 0.3) is 0 Å². The fraction of sp³-hybridized carbons (Fsp3) is 0.538. The van der Waals surface area contributed by atoms with Crippen molar-refractivity contribution in [1.29, 1.82) is 0 Å². The van der Waals surface area contributed by atoms with Crippen molar-refractivity contribution >= 4 is 0 Å². The topological polar surface area (TPSA) is 35.5 Å². The van der Waals surface area contributed by atoms with Gasteiger partial charge in [0, 0.05) is 32.2 Å². The molecule has 3 nitrogen and oxygen atoms in total. The highest BCUT2D eigenvalue weighted by Crippen LogP contribution is 2.11. The Morgan fingerprint density at radius 2 is 2.00 bits per heavy atom. The Kier molecular flexibility index (Phi) is 3.93. The first-order valence-corrected chi connectivity index (χ1v) is 5.93. The monoisotopic (exact) mass is 220 g/mol. The average molecular weight is 220 g/mol. The molecule has 0 amide bonds. The number of hydrogen-bond acceptors (Lipinski definition) is 3. The van der Waals surface area contributed by atoms with Crippen LogP contribution in [0.1, 0.15) is 18.1 Å².